The number of carbonyl (C=O) groups excluding carboxylic acids is 1. The molecule has 0 unspecified atom stereocenters. The van der Waals surface area contributed by atoms with E-state index in [4.69, 9.17) is 11.5 Å². The van der Waals surface area contributed by atoms with Gasteiger partial charge in [0.05, 0.1) is 0 Å². The molecule has 5 heteroatoms. The van der Waals surface area contributed by atoms with Crippen LogP contribution in [0.4, 0.5) is 0 Å². The molecule has 1 rings (SSSR count). The molecule has 0 aliphatic rings. The monoisotopic (exact) mass is 236 g/mol. The van der Waals surface area contributed by atoms with Gasteiger partial charge in [-0.1, -0.05) is 18.2 Å². The van der Waals surface area contributed by atoms with Crippen molar-refractivity contribution in [1.29, 1.82) is 0 Å². The minimum atomic E-state index is -0.428. The number of benzene rings is 1. The Bertz CT molecular complexity index is 303. The third kappa shape index (κ3) is 3.54. The molecule has 1 atom stereocenters. The van der Waals surface area contributed by atoms with Gasteiger partial charge in [-0.2, -0.15) is 0 Å². The summed E-state index contributed by atoms with van der Waals surface area (Å²) in [5.41, 5.74) is 12.1. The molecule has 4 N–H and O–H groups in total. The second kappa shape index (κ2) is 6.65. The molecule has 80 valence electrons. The molecule has 1 aromatic rings. The Morgan fingerprint density at radius 2 is 1.79 bits per heavy atom. The number of primary amides is 1. The summed E-state index contributed by atoms with van der Waals surface area (Å²) in [6, 6.07) is 6.94. The maximum absolute atomic E-state index is 10.9. The van der Waals surface area contributed by atoms with Crippen molar-refractivity contribution in [2.24, 2.45) is 11.5 Å². The van der Waals surface area contributed by atoms with Crippen LogP contribution in [0, 0.1) is 0 Å². The second-order valence-electron chi connectivity index (χ2n) is 2.74. The summed E-state index contributed by atoms with van der Waals surface area (Å²) in [5, 5.41) is 0. The summed E-state index contributed by atoms with van der Waals surface area (Å²) in [7, 11) is 0. The van der Waals surface area contributed by atoms with Crippen LogP contribution >= 0.6 is 24.8 Å². The van der Waals surface area contributed by atoms with Crippen LogP contribution in [0.1, 0.15) is 28.9 Å². The predicted octanol–water partition coefficient (Wildman–Crippen LogP) is 1.65. The third-order valence-corrected chi connectivity index (χ3v) is 1.72. The molecular weight excluding hydrogens is 223 g/mol. The first-order valence-electron chi connectivity index (χ1n) is 3.77. The average Bonchev–Trinajstić information content (AvgIpc) is 2.04. The highest BCUT2D eigenvalue weighted by Gasteiger charge is 2.09. The Kier molecular flexibility index (Phi) is 7.45. The number of hydrogen-bond donors (Lipinski definition) is 2. The fourth-order valence-corrected chi connectivity index (χ4v) is 1.12. The summed E-state index contributed by atoms with van der Waals surface area (Å²) < 4.78 is 0. The van der Waals surface area contributed by atoms with Gasteiger partial charge < -0.3 is 11.5 Å². The Morgan fingerprint density at radius 3 is 2.14 bits per heavy atom. The van der Waals surface area contributed by atoms with Crippen LogP contribution in [-0.4, -0.2) is 5.91 Å². The second-order valence-corrected chi connectivity index (χ2v) is 2.74. The predicted molar refractivity (Wildman–Crippen MR) is 62.1 cm³/mol. The molecule has 1 aromatic carbocycles. The van der Waals surface area contributed by atoms with Crippen LogP contribution in [0.3, 0.4) is 0 Å². The lowest BCUT2D eigenvalue weighted by molar-refractivity contribution is 0.0999. The molecule has 0 aliphatic carbocycles. The van der Waals surface area contributed by atoms with E-state index in [1.54, 1.807) is 12.1 Å². The van der Waals surface area contributed by atoms with Crippen molar-refractivity contribution in [2.75, 3.05) is 0 Å². The molecule has 0 bridgehead atoms. The number of carbonyl (C=O) groups is 1. The van der Waals surface area contributed by atoms with Gasteiger partial charge in [-0.25, -0.2) is 0 Å². The first-order valence-corrected chi connectivity index (χ1v) is 3.77. The quantitative estimate of drug-likeness (QED) is 0.820. The summed E-state index contributed by atoms with van der Waals surface area (Å²) in [6.07, 6.45) is 0. The molecule has 0 aliphatic heterocycles. The van der Waals surface area contributed by atoms with E-state index in [0.717, 1.165) is 5.56 Å². The fourth-order valence-electron chi connectivity index (χ4n) is 1.12. The standard InChI is InChI=1S/C9H12N2O.2ClH/c1-6(10)7-4-2-3-5-8(7)9(11)12;;/h2-6H,10H2,1H3,(H2,11,12);2*1H/t6-;;/m0../s1. The number of rotatable bonds is 2. The molecular formula is C9H14Cl2N2O. The van der Waals surface area contributed by atoms with Crippen molar-refractivity contribution < 1.29 is 4.79 Å². The summed E-state index contributed by atoms with van der Waals surface area (Å²) >= 11 is 0. The van der Waals surface area contributed by atoms with Crippen LogP contribution in [0.15, 0.2) is 24.3 Å². The highest BCUT2D eigenvalue weighted by molar-refractivity contribution is 5.94. The van der Waals surface area contributed by atoms with Gasteiger partial charge in [0, 0.05) is 11.6 Å². The van der Waals surface area contributed by atoms with E-state index in [1.807, 2.05) is 19.1 Å². The van der Waals surface area contributed by atoms with Crippen LogP contribution < -0.4 is 11.5 Å². The third-order valence-electron chi connectivity index (χ3n) is 1.72. The van der Waals surface area contributed by atoms with E-state index in [0.29, 0.717) is 5.56 Å². The van der Waals surface area contributed by atoms with Crippen molar-refractivity contribution in [1.82, 2.24) is 0 Å². The Labute approximate surface area is 95.7 Å². The van der Waals surface area contributed by atoms with Crippen LogP contribution in [0.5, 0.6) is 0 Å². The molecule has 0 heterocycles. The van der Waals surface area contributed by atoms with Crippen LogP contribution in [-0.2, 0) is 0 Å². The van der Waals surface area contributed by atoms with E-state index in [1.165, 1.54) is 0 Å². The molecule has 0 aromatic heterocycles. The highest BCUT2D eigenvalue weighted by Crippen LogP contribution is 2.14. The molecule has 0 saturated carbocycles. The molecule has 0 fully saturated rings. The van der Waals surface area contributed by atoms with Crippen molar-refractivity contribution in [2.45, 2.75) is 13.0 Å². The molecule has 1 amide bonds. The average molecular weight is 237 g/mol. The summed E-state index contributed by atoms with van der Waals surface area (Å²) in [4.78, 5) is 10.9. The number of amides is 1. The van der Waals surface area contributed by atoms with Gasteiger partial charge in [0.25, 0.3) is 0 Å². The molecule has 14 heavy (non-hydrogen) atoms. The first kappa shape index (κ1) is 15.7. The lowest BCUT2D eigenvalue weighted by atomic mass is 10.0. The normalized spacial score (nSPS) is 10.7. The van der Waals surface area contributed by atoms with Crippen LogP contribution in [0.25, 0.3) is 0 Å². The molecule has 3 nitrogen and oxygen atoms in total. The molecule has 0 radical (unpaired) electrons. The van der Waals surface area contributed by atoms with E-state index in [2.05, 4.69) is 0 Å². The Balaban J connectivity index is 0. The lowest BCUT2D eigenvalue weighted by Crippen LogP contribution is -2.17. The zero-order valence-corrected chi connectivity index (χ0v) is 9.40. The molecule has 0 spiro atoms. The zero-order chi connectivity index (χ0) is 9.14. The smallest absolute Gasteiger partial charge is 0.249 e. The van der Waals surface area contributed by atoms with E-state index in [-0.39, 0.29) is 30.9 Å². The lowest BCUT2D eigenvalue weighted by Gasteiger charge is -2.08. The summed E-state index contributed by atoms with van der Waals surface area (Å²) in [5.74, 6) is -0.428. The maximum atomic E-state index is 10.9. The van der Waals surface area contributed by atoms with Gasteiger partial charge in [0.15, 0.2) is 0 Å². The first-order chi connectivity index (χ1) is 5.63. The summed E-state index contributed by atoms with van der Waals surface area (Å²) in [6.45, 7) is 1.82. The van der Waals surface area contributed by atoms with E-state index >= 15 is 0 Å². The SMILES string of the molecule is C[C@H](N)c1ccccc1C(N)=O.Cl.Cl. The van der Waals surface area contributed by atoms with Gasteiger partial charge in [-0.05, 0) is 18.6 Å². The Hall–Kier alpha value is -0.770. The largest absolute Gasteiger partial charge is 0.366 e. The minimum Gasteiger partial charge on any atom is -0.366 e. The number of nitrogens with two attached hydrogens (primary N) is 2. The number of halogens is 2. The van der Waals surface area contributed by atoms with Crippen molar-refractivity contribution >= 4 is 30.7 Å². The number of hydrogen-bond acceptors (Lipinski definition) is 2. The Morgan fingerprint density at radius 1 is 1.29 bits per heavy atom. The van der Waals surface area contributed by atoms with Gasteiger partial charge in [0.1, 0.15) is 0 Å². The van der Waals surface area contributed by atoms with Crippen molar-refractivity contribution in [3.05, 3.63) is 35.4 Å². The minimum absolute atomic E-state index is 0. The van der Waals surface area contributed by atoms with Crippen molar-refractivity contribution in [3.8, 4) is 0 Å². The van der Waals surface area contributed by atoms with E-state index in [9.17, 15) is 4.79 Å². The maximum Gasteiger partial charge on any atom is 0.249 e. The van der Waals surface area contributed by atoms with Gasteiger partial charge in [0.2, 0.25) is 5.91 Å². The highest BCUT2D eigenvalue weighted by atomic mass is 35.5. The van der Waals surface area contributed by atoms with Crippen LogP contribution in [0.2, 0.25) is 0 Å². The van der Waals surface area contributed by atoms with Gasteiger partial charge in [-0.15, -0.1) is 24.8 Å². The topological polar surface area (TPSA) is 69.1 Å². The fraction of sp³-hybridized carbons (Fsp3) is 0.222. The van der Waals surface area contributed by atoms with E-state index < -0.39 is 5.91 Å². The molecule has 0 saturated heterocycles. The zero-order valence-electron chi connectivity index (χ0n) is 7.77. The van der Waals surface area contributed by atoms with Gasteiger partial charge in [-0.3, -0.25) is 4.79 Å². The van der Waals surface area contributed by atoms with Crippen molar-refractivity contribution in [3.63, 3.8) is 0 Å². The van der Waals surface area contributed by atoms with Gasteiger partial charge >= 0.3 is 0 Å².